The van der Waals surface area contributed by atoms with Crippen molar-refractivity contribution >= 4 is 34.7 Å². The number of rotatable bonds is 5. The number of anilines is 2. The van der Waals surface area contributed by atoms with Gasteiger partial charge in [0.05, 0.1) is 0 Å². The van der Waals surface area contributed by atoms with Crippen LogP contribution in [-0.4, -0.2) is 27.1 Å². The first-order valence-corrected chi connectivity index (χ1v) is 11.2. The summed E-state index contributed by atoms with van der Waals surface area (Å²) < 4.78 is 5.79. The van der Waals surface area contributed by atoms with E-state index in [-0.39, 0.29) is 5.92 Å². The lowest BCUT2D eigenvalue weighted by Crippen LogP contribution is -2.10. The summed E-state index contributed by atoms with van der Waals surface area (Å²) >= 11 is 0. The summed E-state index contributed by atoms with van der Waals surface area (Å²) in [6.07, 6.45) is 2.60. The van der Waals surface area contributed by atoms with Crippen LogP contribution in [-0.2, 0) is 0 Å². The van der Waals surface area contributed by atoms with Crippen LogP contribution in [0.25, 0.3) is 22.2 Å². The van der Waals surface area contributed by atoms with Gasteiger partial charge in [0.15, 0.2) is 11.4 Å². The van der Waals surface area contributed by atoms with Crippen LogP contribution in [0.15, 0.2) is 71.1 Å². The summed E-state index contributed by atoms with van der Waals surface area (Å²) in [4.78, 5) is 25.6. The maximum atomic E-state index is 12.6. The predicted molar refractivity (Wildman–Crippen MR) is 131 cm³/mol. The second-order valence-corrected chi connectivity index (χ2v) is 8.40. The van der Waals surface area contributed by atoms with E-state index in [0.717, 1.165) is 51.9 Å². The zero-order chi connectivity index (χ0) is 24.1. The number of hydrogen-bond acceptors (Lipinski definition) is 5. The Morgan fingerprint density at radius 1 is 0.912 bits per heavy atom. The smallest absolute Gasteiger partial charge is 0.450 e. The number of fused-ring (bicyclic) bond motifs is 1. The van der Waals surface area contributed by atoms with Gasteiger partial charge < -0.3 is 19.9 Å². The molecule has 3 aromatic carbocycles. The Kier molecular flexibility index (Phi) is 6.92. The third-order valence-corrected chi connectivity index (χ3v) is 5.91. The first-order chi connectivity index (χ1) is 16.4. The van der Waals surface area contributed by atoms with Gasteiger partial charge in [-0.15, -0.1) is 0 Å². The van der Waals surface area contributed by atoms with Gasteiger partial charge in [-0.05, 0) is 60.7 Å². The molecule has 1 aromatic heterocycles. The molecule has 0 bridgehead atoms. The van der Waals surface area contributed by atoms with Gasteiger partial charge in [-0.25, -0.2) is 4.79 Å². The van der Waals surface area contributed by atoms with Gasteiger partial charge in [0, 0.05) is 17.2 Å². The SMILES string of the molecule is Cc1ccc2nc(Nc3ccc(-c4ccc(C(=O)C5CCCC5)cc4)cc3)oc2c1.O=C(O)O. The van der Waals surface area contributed by atoms with Crippen LogP contribution in [0.2, 0.25) is 0 Å². The van der Waals surface area contributed by atoms with E-state index in [9.17, 15) is 4.79 Å². The van der Waals surface area contributed by atoms with Gasteiger partial charge in [-0.3, -0.25) is 4.79 Å². The number of benzene rings is 3. The number of nitrogens with one attached hydrogen (secondary N) is 1. The van der Waals surface area contributed by atoms with Crippen molar-refractivity contribution in [2.45, 2.75) is 32.6 Å². The highest BCUT2D eigenvalue weighted by Crippen LogP contribution is 2.30. The van der Waals surface area contributed by atoms with Gasteiger partial charge in [0.1, 0.15) is 5.52 Å². The average Bonchev–Trinajstić information content (AvgIpc) is 3.48. The Labute approximate surface area is 197 Å². The Balaban J connectivity index is 0.000000636. The molecular formula is C27H26N2O5. The standard InChI is InChI=1S/C26H24N2O2.CH2O3/c1-17-6-15-23-24(16-17)30-26(28-23)27-22-13-11-19(12-14-22)18-7-9-21(10-8-18)25(29)20-4-2-3-5-20;2-1(3)4/h6-16,20H,2-5H2,1H3,(H,27,28);(H2,2,3,4). The third-order valence-electron chi connectivity index (χ3n) is 5.91. The monoisotopic (exact) mass is 458 g/mol. The van der Waals surface area contributed by atoms with Crippen molar-refractivity contribution in [1.29, 1.82) is 0 Å². The molecule has 4 aromatic rings. The van der Waals surface area contributed by atoms with Crippen LogP contribution in [0, 0.1) is 12.8 Å². The van der Waals surface area contributed by atoms with E-state index < -0.39 is 6.16 Å². The number of aromatic nitrogens is 1. The molecule has 1 heterocycles. The number of hydrogen-bond donors (Lipinski definition) is 3. The van der Waals surface area contributed by atoms with E-state index in [2.05, 4.69) is 22.4 Å². The Hall–Kier alpha value is -4.13. The molecule has 5 rings (SSSR count). The minimum Gasteiger partial charge on any atom is -0.450 e. The van der Waals surface area contributed by atoms with Crippen molar-refractivity contribution in [2.24, 2.45) is 5.92 Å². The number of nitrogens with zero attached hydrogens (tertiary/aromatic N) is 1. The van der Waals surface area contributed by atoms with Crippen LogP contribution in [0.5, 0.6) is 0 Å². The fourth-order valence-corrected chi connectivity index (χ4v) is 4.21. The number of carbonyl (C=O) groups is 2. The van der Waals surface area contributed by atoms with Gasteiger partial charge in [-0.1, -0.05) is 55.3 Å². The molecule has 7 nitrogen and oxygen atoms in total. The topological polar surface area (TPSA) is 113 Å². The fourth-order valence-electron chi connectivity index (χ4n) is 4.21. The van der Waals surface area contributed by atoms with Crippen molar-refractivity contribution in [1.82, 2.24) is 4.98 Å². The lowest BCUT2D eigenvalue weighted by molar-refractivity contribution is 0.0922. The summed E-state index contributed by atoms with van der Waals surface area (Å²) in [6.45, 7) is 2.03. The normalized spacial score (nSPS) is 13.3. The second-order valence-electron chi connectivity index (χ2n) is 8.40. The molecule has 0 aliphatic heterocycles. The van der Waals surface area contributed by atoms with Crippen molar-refractivity contribution in [3.8, 4) is 11.1 Å². The number of aryl methyl sites for hydroxylation is 1. The molecule has 0 saturated heterocycles. The van der Waals surface area contributed by atoms with E-state index >= 15 is 0 Å². The number of ketones is 1. The van der Waals surface area contributed by atoms with E-state index in [4.69, 9.17) is 19.4 Å². The van der Waals surface area contributed by atoms with Crippen molar-refractivity contribution < 1.29 is 24.2 Å². The molecule has 0 unspecified atom stereocenters. The fraction of sp³-hybridized carbons (Fsp3) is 0.222. The Morgan fingerprint density at radius 3 is 2.12 bits per heavy atom. The summed E-state index contributed by atoms with van der Waals surface area (Å²) in [6, 6.07) is 22.6. The first kappa shape index (κ1) is 23.0. The van der Waals surface area contributed by atoms with Gasteiger partial charge >= 0.3 is 6.16 Å². The van der Waals surface area contributed by atoms with Crippen LogP contribution < -0.4 is 5.32 Å². The summed E-state index contributed by atoms with van der Waals surface area (Å²) in [5.41, 5.74) is 6.71. The van der Waals surface area contributed by atoms with Crippen molar-refractivity contribution in [3.05, 3.63) is 77.9 Å². The summed E-state index contributed by atoms with van der Waals surface area (Å²) in [7, 11) is 0. The third kappa shape index (κ3) is 5.61. The van der Waals surface area contributed by atoms with Crippen molar-refractivity contribution in [3.63, 3.8) is 0 Å². The Morgan fingerprint density at radius 2 is 1.50 bits per heavy atom. The molecule has 3 N–H and O–H groups in total. The first-order valence-electron chi connectivity index (χ1n) is 11.2. The van der Waals surface area contributed by atoms with E-state index in [1.165, 1.54) is 12.8 Å². The largest absolute Gasteiger partial charge is 0.503 e. The molecule has 174 valence electrons. The molecule has 34 heavy (non-hydrogen) atoms. The maximum Gasteiger partial charge on any atom is 0.503 e. The van der Waals surface area contributed by atoms with E-state index in [0.29, 0.717) is 11.8 Å². The summed E-state index contributed by atoms with van der Waals surface area (Å²) in [5.74, 6) is 0.518. The molecule has 1 aliphatic carbocycles. The van der Waals surface area contributed by atoms with Gasteiger partial charge in [0.25, 0.3) is 6.01 Å². The van der Waals surface area contributed by atoms with E-state index in [1.54, 1.807) is 0 Å². The average molecular weight is 459 g/mol. The highest BCUT2D eigenvalue weighted by atomic mass is 16.6. The maximum absolute atomic E-state index is 12.6. The molecule has 1 aliphatic rings. The molecule has 0 atom stereocenters. The van der Waals surface area contributed by atoms with Crippen LogP contribution in [0.3, 0.4) is 0 Å². The quantitative estimate of drug-likeness (QED) is 0.272. The van der Waals surface area contributed by atoms with Crippen LogP contribution >= 0.6 is 0 Å². The molecular weight excluding hydrogens is 432 g/mol. The zero-order valence-electron chi connectivity index (χ0n) is 18.8. The predicted octanol–water partition coefficient (Wildman–Crippen LogP) is 7.14. The number of carbonyl (C=O) groups excluding carboxylic acids is 1. The molecule has 1 saturated carbocycles. The lowest BCUT2D eigenvalue weighted by Gasteiger charge is -2.09. The molecule has 0 spiro atoms. The second kappa shape index (κ2) is 10.2. The lowest BCUT2D eigenvalue weighted by atomic mass is 9.94. The Bertz CT molecular complexity index is 1280. The minimum atomic E-state index is -1.83. The molecule has 7 heteroatoms. The van der Waals surface area contributed by atoms with Gasteiger partial charge in [-0.2, -0.15) is 4.98 Å². The number of carboxylic acid groups (broad SMARTS) is 2. The van der Waals surface area contributed by atoms with Gasteiger partial charge in [0.2, 0.25) is 0 Å². The molecule has 0 radical (unpaired) electrons. The van der Waals surface area contributed by atoms with Crippen LogP contribution in [0.4, 0.5) is 16.5 Å². The zero-order valence-corrected chi connectivity index (χ0v) is 18.8. The van der Waals surface area contributed by atoms with E-state index in [1.807, 2.05) is 61.5 Å². The number of Topliss-reactive ketones (excluding diaryl/α,β-unsaturated/α-hetero) is 1. The van der Waals surface area contributed by atoms with Crippen molar-refractivity contribution in [2.75, 3.05) is 5.32 Å². The minimum absolute atomic E-state index is 0.219. The highest BCUT2D eigenvalue weighted by Gasteiger charge is 2.23. The van der Waals surface area contributed by atoms with Crippen LogP contribution in [0.1, 0.15) is 41.6 Å². The summed E-state index contributed by atoms with van der Waals surface area (Å²) in [5, 5.41) is 17.2. The highest BCUT2D eigenvalue weighted by molar-refractivity contribution is 5.98. The molecule has 0 amide bonds. The molecule has 1 fully saturated rings. The number of oxazole rings is 1.